The van der Waals surface area contributed by atoms with Crippen LogP contribution >= 0.6 is 11.6 Å². The molecule has 0 unspecified atom stereocenters. The Labute approximate surface area is 126 Å². The fourth-order valence-corrected chi connectivity index (χ4v) is 2.26. The van der Waals surface area contributed by atoms with Gasteiger partial charge in [0, 0.05) is 0 Å². The van der Waals surface area contributed by atoms with E-state index >= 15 is 0 Å². The standard InChI is InChI=1S/C15H14ClNO4/c1-9(17-15(18)12-4-5-14(16)21-12)10-2-3-11-13(8-10)20-7-6-19-11/h2-5,8-9H,6-7H2,1H3,(H,17,18)/t9-/m0/s1. The van der Waals surface area contributed by atoms with Gasteiger partial charge in [0.25, 0.3) is 5.91 Å². The highest BCUT2D eigenvalue weighted by molar-refractivity contribution is 6.29. The molecular formula is C15H14ClNO4. The van der Waals surface area contributed by atoms with Crippen LogP contribution in [-0.2, 0) is 0 Å². The number of hydrogen-bond acceptors (Lipinski definition) is 4. The number of hydrogen-bond donors (Lipinski definition) is 1. The van der Waals surface area contributed by atoms with Crippen molar-refractivity contribution in [3.63, 3.8) is 0 Å². The van der Waals surface area contributed by atoms with E-state index in [0.717, 1.165) is 11.3 Å². The number of carbonyl (C=O) groups excluding carboxylic acids is 1. The number of fused-ring (bicyclic) bond motifs is 1. The van der Waals surface area contributed by atoms with Gasteiger partial charge in [-0.3, -0.25) is 4.79 Å². The molecule has 1 amide bonds. The van der Waals surface area contributed by atoms with E-state index in [-0.39, 0.29) is 22.9 Å². The molecule has 2 aromatic rings. The Bertz CT molecular complexity index is 667. The van der Waals surface area contributed by atoms with E-state index < -0.39 is 0 Å². The minimum absolute atomic E-state index is 0.185. The molecule has 0 aliphatic carbocycles. The lowest BCUT2D eigenvalue weighted by Crippen LogP contribution is -2.26. The van der Waals surface area contributed by atoms with Gasteiger partial charge in [-0.25, -0.2) is 0 Å². The van der Waals surface area contributed by atoms with Gasteiger partial charge in [0.1, 0.15) is 13.2 Å². The molecule has 0 bridgehead atoms. The Morgan fingerprint density at radius 1 is 1.19 bits per heavy atom. The van der Waals surface area contributed by atoms with Crippen LogP contribution in [0, 0.1) is 0 Å². The molecule has 6 heteroatoms. The second-order valence-corrected chi connectivity index (χ2v) is 5.07. The van der Waals surface area contributed by atoms with E-state index in [9.17, 15) is 4.79 Å². The van der Waals surface area contributed by atoms with Crippen LogP contribution in [0.2, 0.25) is 5.22 Å². The number of rotatable bonds is 3. The lowest BCUT2D eigenvalue weighted by molar-refractivity contribution is 0.0912. The van der Waals surface area contributed by atoms with Gasteiger partial charge in [-0.05, 0) is 48.4 Å². The number of carbonyl (C=O) groups is 1. The zero-order chi connectivity index (χ0) is 14.8. The Morgan fingerprint density at radius 3 is 2.67 bits per heavy atom. The SMILES string of the molecule is C[C@H](NC(=O)c1ccc(Cl)o1)c1ccc2c(c1)OCCO2. The first-order chi connectivity index (χ1) is 10.1. The van der Waals surface area contributed by atoms with Crippen LogP contribution in [-0.4, -0.2) is 19.1 Å². The van der Waals surface area contributed by atoms with E-state index in [1.54, 1.807) is 0 Å². The zero-order valence-electron chi connectivity index (χ0n) is 11.4. The fraction of sp³-hybridized carbons (Fsp3) is 0.267. The van der Waals surface area contributed by atoms with Gasteiger partial charge in [-0.15, -0.1) is 0 Å². The summed E-state index contributed by atoms with van der Waals surface area (Å²) in [5.41, 5.74) is 0.922. The Kier molecular flexibility index (Phi) is 3.75. The molecule has 3 rings (SSSR count). The van der Waals surface area contributed by atoms with E-state index in [1.807, 2.05) is 25.1 Å². The van der Waals surface area contributed by atoms with Crippen LogP contribution in [0.1, 0.15) is 29.1 Å². The molecule has 0 fully saturated rings. The van der Waals surface area contributed by atoms with Crippen molar-refractivity contribution >= 4 is 17.5 Å². The predicted molar refractivity (Wildman–Crippen MR) is 77.0 cm³/mol. The largest absolute Gasteiger partial charge is 0.486 e. The molecule has 1 atom stereocenters. The summed E-state index contributed by atoms with van der Waals surface area (Å²) in [6.45, 7) is 2.97. The number of halogens is 1. The van der Waals surface area contributed by atoms with Gasteiger partial charge in [0.15, 0.2) is 22.5 Å². The van der Waals surface area contributed by atoms with Crippen LogP contribution < -0.4 is 14.8 Å². The lowest BCUT2D eigenvalue weighted by Gasteiger charge is -2.20. The topological polar surface area (TPSA) is 60.7 Å². The van der Waals surface area contributed by atoms with Crippen molar-refractivity contribution < 1.29 is 18.7 Å². The maximum atomic E-state index is 12.0. The van der Waals surface area contributed by atoms with Crippen LogP contribution in [0.5, 0.6) is 11.5 Å². The minimum Gasteiger partial charge on any atom is -0.486 e. The summed E-state index contributed by atoms with van der Waals surface area (Å²) in [6.07, 6.45) is 0. The third-order valence-corrected chi connectivity index (χ3v) is 3.41. The molecule has 1 aliphatic heterocycles. The van der Waals surface area contributed by atoms with Gasteiger partial charge in [-0.1, -0.05) is 6.07 Å². The molecule has 1 aliphatic rings. The highest BCUT2D eigenvalue weighted by Gasteiger charge is 2.17. The quantitative estimate of drug-likeness (QED) is 0.946. The zero-order valence-corrected chi connectivity index (χ0v) is 12.1. The highest BCUT2D eigenvalue weighted by Crippen LogP contribution is 2.32. The Hall–Kier alpha value is -2.14. The first-order valence-electron chi connectivity index (χ1n) is 6.59. The maximum Gasteiger partial charge on any atom is 0.287 e. The number of nitrogens with one attached hydrogen (secondary N) is 1. The van der Waals surface area contributed by atoms with Crippen molar-refractivity contribution in [3.8, 4) is 11.5 Å². The van der Waals surface area contributed by atoms with Crippen molar-refractivity contribution in [2.75, 3.05) is 13.2 Å². The molecule has 1 N–H and O–H groups in total. The monoisotopic (exact) mass is 307 g/mol. The third kappa shape index (κ3) is 2.97. The van der Waals surface area contributed by atoms with Gasteiger partial charge in [0.05, 0.1) is 6.04 Å². The highest BCUT2D eigenvalue weighted by atomic mass is 35.5. The summed E-state index contributed by atoms with van der Waals surface area (Å²) in [6, 6.07) is 8.48. The normalized spacial score (nSPS) is 14.6. The second kappa shape index (κ2) is 5.69. The van der Waals surface area contributed by atoms with E-state index in [4.69, 9.17) is 25.5 Å². The average molecular weight is 308 g/mol. The maximum absolute atomic E-state index is 12.0. The summed E-state index contributed by atoms with van der Waals surface area (Å²) in [4.78, 5) is 12.0. The molecule has 110 valence electrons. The predicted octanol–water partition coefficient (Wildman–Crippen LogP) is 3.20. The van der Waals surface area contributed by atoms with E-state index in [1.165, 1.54) is 12.1 Å². The second-order valence-electron chi connectivity index (χ2n) is 4.70. The van der Waals surface area contributed by atoms with Crippen molar-refractivity contribution in [2.45, 2.75) is 13.0 Å². The summed E-state index contributed by atoms with van der Waals surface area (Å²) >= 11 is 5.66. The smallest absolute Gasteiger partial charge is 0.287 e. The van der Waals surface area contributed by atoms with E-state index in [0.29, 0.717) is 19.0 Å². The van der Waals surface area contributed by atoms with E-state index in [2.05, 4.69) is 5.32 Å². The van der Waals surface area contributed by atoms with Crippen LogP contribution in [0.4, 0.5) is 0 Å². The van der Waals surface area contributed by atoms with Gasteiger partial charge < -0.3 is 19.2 Å². The van der Waals surface area contributed by atoms with Gasteiger partial charge >= 0.3 is 0 Å². The molecule has 2 heterocycles. The molecule has 0 radical (unpaired) electrons. The number of amides is 1. The molecule has 1 aromatic carbocycles. The number of benzene rings is 1. The minimum atomic E-state index is -0.315. The van der Waals surface area contributed by atoms with Crippen LogP contribution in [0.25, 0.3) is 0 Å². The summed E-state index contributed by atoms with van der Waals surface area (Å²) in [5, 5.41) is 3.03. The summed E-state index contributed by atoms with van der Waals surface area (Å²) in [5.74, 6) is 1.29. The fourth-order valence-electron chi connectivity index (χ4n) is 2.12. The van der Waals surface area contributed by atoms with Crippen LogP contribution in [0.3, 0.4) is 0 Å². The number of ether oxygens (including phenoxy) is 2. The van der Waals surface area contributed by atoms with Crippen molar-refractivity contribution in [2.24, 2.45) is 0 Å². The first-order valence-corrected chi connectivity index (χ1v) is 6.97. The lowest BCUT2D eigenvalue weighted by atomic mass is 10.1. The third-order valence-electron chi connectivity index (χ3n) is 3.21. The van der Waals surface area contributed by atoms with Crippen molar-refractivity contribution in [1.82, 2.24) is 5.32 Å². The number of furan rings is 1. The molecule has 0 saturated heterocycles. The van der Waals surface area contributed by atoms with Crippen molar-refractivity contribution in [1.29, 1.82) is 0 Å². The Balaban J connectivity index is 1.73. The average Bonchev–Trinajstić information content (AvgIpc) is 2.93. The molecule has 21 heavy (non-hydrogen) atoms. The summed E-state index contributed by atoms with van der Waals surface area (Å²) < 4.78 is 16.1. The Morgan fingerprint density at radius 2 is 1.95 bits per heavy atom. The first kappa shape index (κ1) is 13.8. The van der Waals surface area contributed by atoms with Gasteiger partial charge in [0.2, 0.25) is 0 Å². The molecule has 0 saturated carbocycles. The molecule has 0 spiro atoms. The van der Waals surface area contributed by atoms with Crippen molar-refractivity contribution in [3.05, 3.63) is 46.9 Å². The molecule has 1 aromatic heterocycles. The van der Waals surface area contributed by atoms with Crippen LogP contribution in [0.15, 0.2) is 34.7 Å². The molecular weight excluding hydrogens is 294 g/mol. The van der Waals surface area contributed by atoms with Gasteiger partial charge in [-0.2, -0.15) is 0 Å². The summed E-state index contributed by atoms with van der Waals surface area (Å²) in [7, 11) is 0. The molecule has 5 nitrogen and oxygen atoms in total.